The second-order valence-corrected chi connectivity index (χ2v) is 6.45. The maximum Gasteiger partial charge on any atom is 0.291 e. The second kappa shape index (κ2) is 8.49. The molecule has 0 atom stereocenters. The molecule has 2 aromatic carbocycles. The standard InChI is InChI=1S/C20H17BrN2O3/c21-18-11-10-17(26-18)20(25)23-16-8-4-7-15(13-16)22-19(24)12-9-14-5-2-1-3-6-14/h1-8,10-11,13H,9,12H2,(H,22,24)(H,23,25). The number of hydrogen-bond donors (Lipinski definition) is 2. The van der Waals surface area contributed by atoms with E-state index in [2.05, 4.69) is 26.6 Å². The number of furan rings is 1. The molecule has 0 bridgehead atoms. The summed E-state index contributed by atoms with van der Waals surface area (Å²) in [7, 11) is 0. The van der Waals surface area contributed by atoms with Gasteiger partial charge in [0.1, 0.15) is 0 Å². The lowest BCUT2D eigenvalue weighted by atomic mass is 10.1. The molecule has 1 aromatic heterocycles. The predicted octanol–water partition coefficient (Wildman–Crippen LogP) is 4.87. The van der Waals surface area contributed by atoms with Crippen LogP contribution in [-0.4, -0.2) is 11.8 Å². The molecular formula is C20H17BrN2O3. The monoisotopic (exact) mass is 412 g/mol. The van der Waals surface area contributed by atoms with Gasteiger partial charge in [0.25, 0.3) is 5.91 Å². The molecule has 3 aromatic rings. The highest BCUT2D eigenvalue weighted by Gasteiger charge is 2.11. The Morgan fingerprint density at radius 3 is 2.31 bits per heavy atom. The minimum absolute atomic E-state index is 0.0766. The SMILES string of the molecule is O=C(CCc1ccccc1)Nc1cccc(NC(=O)c2ccc(Br)o2)c1. The van der Waals surface area contributed by atoms with Gasteiger partial charge in [-0.1, -0.05) is 36.4 Å². The summed E-state index contributed by atoms with van der Waals surface area (Å²) in [5.41, 5.74) is 2.32. The van der Waals surface area contributed by atoms with Crippen molar-refractivity contribution < 1.29 is 14.0 Å². The molecule has 0 saturated carbocycles. The van der Waals surface area contributed by atoms with Crippen LogP contribution in [0.5, 0.6) is 0 Å². The van der Waals surface area contributed by atoms with Crippen molar-refractivity contribution in [2.45, 2.75) is 12.8 Å². The highest BCUT2D eigenvalue weighted by atomic mass is 79.9. The molecule has 0 fully saturated rings. The molecule has 5 nitrogen and oxygen atoms in total. The molecule has 0 aliphatic heterocycles. The minimum Gasteiger partial charge on any atom is -0.444 e. The second-order valence-electron chi connectivity index (χ2n) is 5.67. The number of nitrogens with one attached hydrogen (secondary N) is 2. The summed E-state index contributed by atoms with van der Waals surface area (Å²) in [6, 6.07) is 20.1. The van der Waals surface area contributed by atoms with Crippen LogP contribution in [0.4, 0.5) is 11.4 Å². The van der Waals surface area contributed by atoms with Crippen LogP contribution in [-0.2, 0) is 11.2 Å². The zero-order chi connectivity index (χ0) is 18.4. The normalized spacial score (nSPS) is 10.3. The van der Waals surface area contributed by atoms with Gasteiger partial charge in [-0.3, -0.25) is 9.59 Å². The molecule has 0 spiro atoms. The molecule has 2 amide bonds. The van der Waals surface area contributed by atoms with E-state index in [1.54, 1.807) is 36.4 Å². The molecule has 3 rings (SSSR count). The van der Waals surface area contributed by atoms with Gasteiger partial charge >= 0.3 is 0 Å². The average molecular weight is 413 g/mol. The largest absolute Gasteiger partial charge is 0.444 e. The Bertz CT molecular complexity index is 906. The summed E-state index contributed by atoms with van der Waals surface area (Å²) < 4.78 is 5.71. The fourth-order valence-electron chi connectivity index (χ4n) is 2.43. The first-order valence-corrected chi connectivity index (χ1v) is 8.90. The van der Waals surface area contributed by atoms with E-state index in [0.717, 1.165) is 5.56 Å². The number of halogens is 1. The summed E-state index contributed by atoms with van der Waals surface area (Å²) in [6.45, 7) is 0. The van der Waals surface area contributed by atoms with Crippen LogP contribution in [0.2, 0.25) is 0 Å². The number of carbonyl (C=O) groups excluding carboxylic acids is 2. The summed E-state index contributed by atoms with van der Waals surface area (Å²) in [6.07, 6.45) is 1.07. The van der Waals surface area contributed by atoms with Crippen molar-refractivity contribution in [3.63, 3.8) is 0 Å². The van der Waals surface area contributed by atoms with Gasteiger partial charge in [-0.15, -0.1) is 0 Å². The van der Waals surface area contributed by atoms with Crippen LogP contribution in [0.15, 0.2) is 75.8 Å². The predicted molar refractivity (Wildman–Crippen MR) is 104 cm³/mol. The van der Waals surface area contributed by atoms with E-state index in [1.165, 1.54) is 0 Å². The number of anilines is 2. The van der Waals surface area contributed by atoms with Crippen LogP contribution in [0, 0.1) is 0 Å². The third-order valence-corrected chi connectivity index (χ3v) is 4.11. The van der Waals surface area contributed by atoms with Gasteiger partial charge in [0.05, 0.1) is 0 Å². The number of aryl methyl sites for hydroxylation is 1. The van der Waals surface area contributed by atoms with E-state index >= 15 is 0 Å². The Balaban J connectivity index is 1.56. The highest BCUT2D eigenvalue weighted by Crippen LogP contribution is 2.19. The van der Waals surface area contributed by atoms with Crippen molar-refractivity contribution in [3.05, 3.63) is 82.7 Å². The lowest BCUT2D eigenvalue weighted by Gasteiger charge is -2.08. The maximum atomic E-state index is 12.1. The van der Waals surface area contributed by atoms with Crippen molar-refractivity contribution in [2.24, 2.45) is 0 Å². The summed E-state index contributed by atoms with van der Waals surface area (Å²) in [5.74, 6) is -0.232. The zero-order valence-corrected chi connectivity index (χ0v) is 15.5. The third kappa shape index (κ3) is 5.07. The molecule has 132 valence electrons. The van der Waals surface area contributed by atoms with E-state index in [1.807, 2.05) is 30.3 Å². The number of rotatable bonds is 6. The van der Waals surface area contributed by atoms with E-state index < -0.39 is 0 Å². The summed E-state index contributed by atoms with van der Waals surface area (Å²) in [4.78, 5) is 24.2. The van der Waals surface area contributed by atoms with Crippen molar-refractivity contribution in [1.82, 2.24) is 0 Å². The van der Waals surface area contributed by atoms with E-state index in [0.29, 0.717) is 28.9 Å². The smallest absolute Gasteiger partial charge is 0.291 e. The van der Waals surface area contributed by atoms with E-state index in [4.69, 9.17) is 4.42 Å². The van der Waals surface area contributed by atoms with Gasteiger partial charge in [-0.25, -0.2) is 0 Å². The first kappa shape index (κ1) is 17.9. The zero-order valence-electron chi connectivity index (χ0n) is 13.9. The number of benzene rings is 2. The van der Waals surface area contributed by atoms with E-state index in [-0.39, 0.29) is 17.6 Å². The Kier molecular flexibility index (Phi) is 5.86. The summed E-state index contributed by atoms with van der Waals surface area (Å²) >= 11 is 3.16. The van der Waals surface area contributed by atoms with Gasteiger partial charge in [0.2, 0.25) is 5.91 Å². The molecule has 2 N–H and O–H groups in total. The molecule has 6 heteroatoms. The van der Waals surface area contributed by atoms with Crippen molar-refractivity contribution in [2.75, 3.05) is 10.6 Å². The molecule has 0 aliphatic rings. The van der Waals surface area contributed by atoms with Gasteiger partial charge in [-0.2, -0.15) is 0 Å². The molecule has 0 unspecified atom stereocenters. The first-order chi connectivity index (χ1) is 12.6. The molecule has 0 radical (unpaired) electrons. The van der Waals surface area contributed by atoms with Crippen LogP contribution in [0.1, 0.15) is 22.5 Å². The number of carbonyl (C=O) groups is 2. The van der Waals surface area contributed by atoms with Gasteiger partial charge in [0.15, 0.2) is 10.4 Å². The fourth-order valence-corrected chi connectivity index (χ4v) is 2.74. The van der Waals surface area contributed by atoms with Crippen LogP contribution in [0.25, 0.3) is 0 Å². The Morgan fingerprint density at radius 1 is 0.885 bits per heavy atom. The number of hydrogen-bond acceptors (Lipinski definition) is 3. The Hall–Kier alpha value is -2.86. The maximum absolute atomic E-state index is 12.1. The van der Waals surface area contributed by atoms with Gasteiger partial charge < -0.3 is 15.1 Å². The van der Waals surface area contributed by atoms with Crippen molar-refractivity contribution >= 4 is 39.1 Å². The average Bonchev–Trinajstić information content (AvgIpc) is 3.08. The van der Waals surface area contributed by atoms with Crippen LogP contribution < -0.4 is 10.6 Å². The first-order valence-electron chi connectivity index (χ1n) is 8.11. The molecule has 0 aliphatic carbocycles. The van der Waals surface area contributed by atoms with Gasteiger partial charge in [0, 0.05) is 17.8 Å². The fraction of sp³-hybridized carbons (Fsp3) is 0.100. The molecular weight excluding hydrogens is 396 g/mol. The quantitative estimate of drug-likeness (QED) is 0.606. The molecule has 0 saturated heterocycles. The Labute approximate surface area is 159 Å². The van der Waals surface area contributed by atoms with Gasteiger partial charge in [-0.05, 0) is 58.2 Å². The number of amides is 2. The lowest BCUT2D eigenvalue weighted by Crippen LogP contribution is -2.14. The summed E-state index contributed by atoms with van der Waals surface area (Å²) in [5, 5.41) is 5.59. The highest BCUT2D eigenvalue weighted by molar-refractivity contribution is 9.10. The van der Waals surface area contributed by atoms with E-state index in [9.17, 15) is 9.59 Å². The Morgan fingerprint density at radius 2 is 1.62 bits per heavy atom. The van der Waals surface area contributed by atoms with Crippen molar-refractivity contribution in [3.8, 4) is 0 Å². The molecule has 26 heavy (non-hydrogen) atoms. The lowest BCUT2D eigenvalue weighted by molar-refractivity contribution is -0.116. The van der Waals surface area contributed by atoms with Crippen LogP contribution >= 0.6 is 15.9 Å². The third-order valence-electron chi connectivity index (χ3n) is 3.68. The molecule has 1 heterocycles. The topological polar surface area (TPSA) is 71.3 Å². The van der Waals surface area contributed by atoms with Crippen molar-refractivity contribution in [1.29, 1.82) is 0 Å². The minimum atomic E-state index is -0.358. The van der Waals surface area contributed by atoms with Crippen LogP contribution in [0.3, 0.4) is 0 Å².